The SMILES string of the molecule is Cc1cccc(C(=O)NCc2c(C)nn(C)c2C)n1. The number of pyridine rings is 1. The van der Waals surface area contributed by atoms with E-state index in [1.807, 2.05) is 44.6 Å². The summed E-state index contributed by atoms with van der Waals surface area (Å²) in [5, 5.41) is 7.21. The van der Waals surface area contributed by atoms with E-state index in [4.69, 9.17) is 0 Å². The van der Waals surface area contributed by atoms with Crippen molar-refractivity contribution in [1.29, 1.82) is 0 Å². The van der Waals surface area contributed by atoms with Crippen molar-refractivity contribution >= 4 is 5.91 Å². The second-order valence-corrected chi connectivity index (χ2v) is 4.62. The van der Waals surface area contributed by atoms with Gasteiger partial charge in [-0.1, -0.05) is 6.07 Å². The molecule has 0 aliphatic heterocycles. The minimum absolute atomic E-state index is 0.161. The topological polar surface area (TPSA) is 59.8 Å². The highest BCUT2D eigenvalue weighted by molar-refractivity contribution is 5.92. The van der Waals surface area contributed by atoms with Crippen LogP contribution in [0, 0.1) is 20.8 Å². The second kappa shape index (κ2) is 5.22. The van der Waals surface area contributed by atoms with E-state index in [2.05, 4.69) is 15.4 Å². The zero-order chi connectivity index (χ0) is 14.0. The minimum Gasteiger partial charge on any atom is -0.346 e. The molecule has 0 bridgehead atoms. The number of carbonyl (C=O) groups excluding carboxylic acids is 1. The molecule has 0 saturated carbocycles. The number of rotatable bonds is 3. The smallest absolute Gasteiger partial charge is 0.270 e. The van der Waals surface area contributed by atoms with E-state index in [9.17, 15) is 4.79 Å². The number of nitrogens with one attached hydrogen (secondary N) is 1. The fraction of sp³-hybridized carbons (Fsp3) is 0.357. The van der Waals surface area contributed by atoms with Crippen LogP contribution < -0.4 is 5.32 Å². The summed E-state index contributed by atoms with van der Waals surface area (Å²) in [4.78, 5) is 16.2. The number of hydrogen-bond acceptors (Lipinski definition) is 3. The molecule has 2 heterocycles. The van der Waals surface area contributed by atoms with Crippen LogP contribution in [0.5, 0.6) is 0 Å². The Kier molecular flexibility index (Phi) is 3.64. The van der Waals surface area contributed by atoms with Crippen LogP contribution in [0.25, 0.3) is 0 Å². The quantitative estimate of drug-likeness (QED) is 0.911. The molecule has 1 N–H and O–H groups in total. The maximum Gasteiger partial charge on any atom is 0.270 e. The Labute approximate surface area is 112 Å². The van der Waals surface area contributed by atoms with E-state index < -0.39 is 0 Å². The van der Waals surface area contributed by atoms with Gasteiger partial charge in [0.25, 0.3) is 5.91 Å². The molecule has 0 unspecified atom stereocenters. The van der Waals surface area contributed by atoms with Crippen molar-refractivity contribution in [3.8, 4) is 0 Å². The largest absolute Gasteiger partial charge is 0.346 e. The molecule has 0 atom stereocenters. The predicted octanol–water partition coefficient (Wildman–Crippen LogP) is 1.67. The maximum atomic E-state index is 12.0. The molecule has 1 amide bonds. The molecule has 2 rings (SSSR count). The molecule has 19 heavy (non-hydrogen) atoms. The van der Waals surface area contributed by atoms with Crippen LogP contribution in [0.4, 0.5) is 0 Å². The van der Waals surface area contributed by atoms with Gasteiger partial charge in [-0.05, 0) is 32.9 Å². The van der Waals surface area contributed by atoms with Gasteiger partial charge in [0.1, 0.15) is 5.69 Å². The Morgan fingerprint density at radius 1 is 1.32 bits per heavy atom. The lowest BCUT2D eigenvalue weighted by atomic mass is 10.2. The van der Waals surface area contributed by atoms with E-state index in [1.54, 1.807) is 6.07 Å². The van der Waals surface area contributed by atoms with Gasteiger partial charge in [0.15, 0.2) is 0 Å². The first-order valence-electron chi connectivity index (χ1n) is 6.20. The number of carbonyl (C=O) groups is 1. The third-order valence-corrected chi connectivity index (χ3v) is 3.21. The molecule has 0 fully saturated rings. The van der Waals surface area contributed by atoms with Crippen LogP contribution in [-0.2, 0) is 13.6 Å². The van der Waals surface area contributed by atoms with Gasteiger partial charge in [0.05, 0.1) is 5.69 Å². The molecule has 2 aromatic rings. The number of aryl methyl sites for hydroxylation is 3. The molecule has 100 valence electrons. The molecule has 5 nitrogen and oxygen atoms in total. The highest BCUT2D eigenvalue weighted by atomic mass is 16.1. The fourth-order valence-electron chi connectivity index (χ4n) is 2.00. The average Bonchev–Trinajstić information content (AvgIpc) is 2.61. The molecule has 0 aliphatic rings. The standard InChI is InChI=1S/C14H18N4O/c1-9-6-5-7-13(16-9)14(19)15-8-12-10(2)17-18(4)11(12)3/h5-7H,8H2,1-4H3,(H,15,19). The molecule has 0 aliphatic carbocycles. The summed E-state index contributed by atoms with van der Waals surface area (Å²) in [6.07, 6.45) is 0. The van der Waals surface area contributed by atoms with Gasteiger partial charge < -0.3 is 5.32 Å². The van der Waals surface area contributed by atoms with E-state index in [0.717, 1.165) is 22.6 Å². The number of aromatic nitrogens is 3. The van der Waals surface area contributed by atoms with Gasteiger partial charge in [0.2, 0.25) is 0 Å². The zero-order valence-electron chi connectivity index (χ0n) is 11.7. The van der Waals surface area contributed by atoms with E-state index >= 15 is 0 Å². The van der Waals surface area contributed by atoms with Crippen LogP contribution in [0.3, 0.4) is 0 Å². The average molecular weight is 258 g/mol. The van der Waals surface area contributed by atoms with E-state index in [-0.39, 0.29) is 5.91 Å². The van der Waals surface area contributed by atoms with Crippen LogP contribution >= 0.6 is 0 Å². The fourth-order valence-corrected chi connectivity index (χ4v) is 2.00. The monoisotopic (exact) mass is 258 g/mol. The third kappa shape index (κ3) is 2.81. The maximum absolute atomic E-state index is 12.0. The summed E-state index contributed by atoms with van der Waals surface area (Å²) in [5.74, 6) is -0.161. The van der Waals surface area contributed by atoms with Crippen molar-refractivity contribution in [1.82, 2.24) is 20.1 Å². The van der Waals surface area contributed by atoms with Crippen LogP contribution in [0.1, 0.15) is 33.1 Å². The molecule has 0 saturated heterocycles. The lowest BCUT2D eigenvalue weighted by Gasteiger charge is -2.06. The van der Waals surface area contributed by atoms with Crippen LogP contribution in [-0.4, -0.2) is 20.7 Å². The lowest BCUT2D eigenvalue weighted by molar-refractivity contribution is 0.0945. The molecule has 5 heteroatoms. The summed E-state index contributed by atoms with van der Waals surface area (Å²) in [6.45, 7) is 6.28. The zero-order valence-corrected chi connectivity index (χ0v) is 11.7. The summed E-state index contributed by atoms with van der Waals surface area (Å²) >= 11 is 0. The minimum atomic E-state index is -0.161. The number of hydrogen-bond donors (Lipinski definition) is 1. The van der Waals surface area contributed by atoms with Crippen molar-refractivity contribution in [2.24, 2.45) is 7.05 Å². The van der Waals surface area contributed by atoms with Crippen molar-refractivity contribution in [3.63, 3.8) is 0 Å². The van der Waals surface area contributed by atoms with E-state index in [0.29, 0.717) is 12.2 Å². The lowest BCUT2D eigenvalue weighted by Crippen LogP contribution is -2.24. The van der Waals surface area contributed by atoms with Crippen molar-refractivity contribution in [3.05, 3.63) is 46.5 Å². The summed E-state index contributed by atoms with van der Waals surface area (Å²) in [6, 6.07) is 5.41. The molecule has 0 spiro atoms. The molecular weight excluding hydrogens is 240 g/mol. The first-order valence-corrected chi connectivity index (χ1v) is 6.20. The van der Waals surface area contributed by atoms with E-state index in [1.165, 1.54) is 0 Å². The Morgan fingerprint density at radius 3 is 2.63 bits per heavy atom. The van der Waals surface area contributed by atoms with Crippen molar-refractivity contribution < 1.29 is 4.79 Å². The summed E-state index contributed by atoms with van der Waals surface area (Å²) in [5.41, 5.74) is 4.34. The van der Waals surface area contributed by atoms with Crippen molar-refractivity contribution in [2.75, 3.05) is 0 Å². The second-order valence-electron chi connectivity index (χ2n) is 4.62. The van der Waals surface area contributed by atoms with Gasteiger partial charge in [-0.15, -0.1) is 0 Å². The van der Waals surface area contributed by atoms with Crippen molar-refractivity contribution in [2.45, 2.75) is 27.3 Å². The predicted molar refractivity (Wildman–Crippen MR) is 72.8 cm³/mol. The van der Waals surface area contributed by atoms with Gasteiger partial charge in [-0.2, -0.15) is 5.10 Å². The first-order chi connectivity index (χ1) is 8.99. The highest BCUT2D eigenvalue weighted by Crippen LogP contribution is 2.11. The molecular formula is C14H18N4O. The summed E-state index contributed by atoms with van der Waals surface area (Å²) in [7, 11) is 1.90. The van der Waals surface area contributed by atoms with Gasteiger partial charge in [-0.3, -0.25) is 9.48 Å². The Balaban J connectivity index is 2.09. The Hall–Kier alpha value is -2.17. The summed E-state index contributed by atoms with van der Waals surface area (Å²) < 4.78 is 1.82. The molecule has 0 radical (unpaired) electrons. The van der Waals surface area contributed by atoms with Gasteiger partial charge >= 0.3 is 0 Å². The van der Waals surface area contributed by atoms with Gasteiger partial charge in [0, 0.05) is 30.5 Å². The Morgan fingerprint density at radius 2 is 2.05 bits per heavy atom. The Bertz CT molecular complexity index is 616. The highest BCUT2D eigenvalue weighted by Gasteiger charge is 2.12. The molecule has 0 aromatic carbocycles. The number of nitrogens with zero attached hydrogens (tertiary/aromatic N) is 3. The van der Waals surface area contributed by atoms with Gasteiger partial charge in [-0.25, -0.2) is 4.98 Å². The normalized spacial score (nSPS) is 10.5. The van der Waals surface area contributed by atoms with Crippen LogP contribution in [0.15, 0.2) is 18.2 Å². The number of amides is 1. The first kappa shape index (κ1) is 13.3. The molecule has 2 aromatic heterocycles. The van der Waals surface area contributed by atoms with Crippen LogP contribution in [0.2, 0.25) is 0 Å². The third-order valence-electron chi connectivity index (χ3n) is 3.21.